The van der Waals surface area contributed by atoms with Gasteiger partial charge in [0.25, 0.3) is 17.7 Å². The first-order chi connectivity index (χ1) is 12.3. The van der Waals surface area contributed by atoms with Crippen molar-refractivity contribution in [2.75, 3.05) is 13.7 Å². The number of hydrogen-bond donors (Lipinski definition) is 6. The van der Waals surface area contributed by atoms with Crippen LogP contribution >= 0.6 is 0 Å². The highest BCUT2D eigenvalue weighted by molar-refractivity contribution is 6.12. The molecule has 0 aliphatic heterocycles. The zero-order valence-electron chi connectivity index (χ0n) is 14.4. The highest BCUT2D eigenvalue weighted by Crippen LogP contribution is 2.09. The third-order valence-corrected chi connectivity index (χ3v) is 3.53. The second kappa shape index (κ2) is 9.53. The molecule has 0 spiro atoms. The molecule has 3 amide bonds. The van der Waals surface area contributed by atoms with E-state index in [9.17, 15) is 19.5 Å². The van der Waals surface area contributed by atoms with Gasteiger partial charge in [0.1, 0.15) is 0 Å². The van der Waals surface area contributed by atoms with Crippen molar-refractivity contribution in [1.82, 2.24) is 16.1 Å². The number of nitrogens with one attached hydrogen (secondary N) is 3. The maximum Gasteiger partial charge on any atom is 0.278 e. The maximum absolute atomic E-state index is 12.3. The second-order valence-corrected chi connectivity index (χ2v) is 5.52. The van der Waals surface area contributed by atoms with Gasteiger partial charge in [-0.15, -0.1) is 0 Å². The molecule has 0 aliphatic rings. The minimum Gasteiger partial charge on any atom is -0.394 e. The maximum atomic E-state index is 12.3. The van der Waals surface area contributed by atoms with Crippen LogP contribution in [0.4, 0.5) is 0 Å². The molecule has 6 N–H and O–H groups in total. The summed E-state index contributed by atoms with van der Waals surface area (Å²) in [6, 6.07) is 6.00. The van der Waals surface area contributed by atoms with Crippen molar-refractivity contribution in [2.45, 2.75) is 25.0 Å². The third kappa shape index (κ3) is 5.29. The molecule has 0 heterocycles. The van der Waals surface area contributed by atoms with Crippen LogP contribution < -0.4 is 16.1 Å². The van der Waals surface area contributed by atoms with Crippen LogP contribution in [0.3, 0.4) is 0 Å². The number of likely N-dealkylation sites (N-methyl/N-ethyl adjacent to an activating group) is 1. The van der Waals surface area contributed by atoms with E-state index >= 15 is 0 Å². The Morgan fingerprint density at radius 1 is 1.19 bits per heavy atom. The van der Waals surface area contributed by atoms with E-state index in [2.05, 4.69) is 22.5 Å². The van der Waals surface area contributed by atoms with Gasteiger partial charge in [-0.05, 0) is 31.2 Å². The minimum absolute atomic E-state index is 0.111. The summed E-state index contributed by atoms with van der Waals surface area (Å²) in [5.74, 6) is 2.86. The van der Waals surface area contributed by atoms with Crippen LogP contribution in [0.25, 0.3) is 0 Å². The van der Waals surface area contributed by atoms with Gasteiger partial charge in [-0.1, -0.05) is 11.8 Å². The molecule has 9 heteroatoms. The molecule has 0 aromatic heterocycles. The van der Waals surface area contributed by atoms with Crippen molar-refractivity contribution in [3.63, 3.8) is 0 Å². The van der Waals surface area contributed by atoms with Crippen LogP contribution in [-0.4, -0.2) is 58.4 Å². The zero-order valence-corrected chi connectivity index (χ0v) is 14.4. The minimum atomic E-state index is -2.00. The summed E-state index contributed by atoms with van der Waals surface area (Å²) in [6.07, 6.45) is -0.799. The highest BCUT2D eigenvalue weighted by Gasteiger charge is 2.42. The Morgan fingerprint density at radius 2 is 1.81 bits per heavy atom. The molecule has 1 aromatic carbocycles. The molecular formula is C17H21N3O6. The summed E-state index contributed by atoms with van der Waals surface area (Å²) >= 11 is 0. The van der Waals surface area contributed by atoms with Gasteiger partial charge in [0.15, 0.2) is 5.54 Å². The monoisotopic (exact) mass is 363 g/mol. The number of benzene rings is 1. The van der Waals surface area contributed by atoms with Gasteiger partial charge < -0.3 is 20.8 Å². The lowest BCUT2D eigenvalue weighted by atomic mass is 9.99. The van der Waals surface area contributed by atoms with E-state index in [-0.39, 0.29) is 18.6 Å². The van der Waals surface area contributed by atoms with Gasteiger partial charge in [0.2, 0.25) is 0 Å². The Bertz CT molecular complexity index is 704. The zero-order chi connectivity index (χ0) is 19.7. The third-order valence-electron chi connectivity index (χ3n) is 3.53. The van der Waals surface area contributed by atoms with Crippen LogP contribution in [-0.2, 0) is 9.59 Å². The summed E-state index contributed by atoms with van der Waals surface area (Å²) in [4.78, 5) is 36.0. The lowest BCUT2D eigenvalue weighted by molar-refractivity contribution is -0.143. The second-order valence-electron chi connectivity index (χ2n) is 5.52. The molecule has 0 radical (unpaired) electrons. The van der Waals surface area contributed by atoms with Gasteiger partial charge in [-0.2, -0.15) is 0 Å². The van der Waals surface area contributed by atoms with E-state index in [0.717, 1.165) is 6.92 Å². The van der Waals surface area contributed by atoms with Crippen molar-refractivity contribution in [1.29, 1.82) is 0 Å². The van der Waals surface area contributed by atoms with Crippen molar-refractivity contribution in [3.05, 3.63) is 35.4 Å². The lowest BCUT2D eigenvalue weighted by Crippen LogP contribution is -2.64. The lowest BCUT2D eigenvalue weighted by Gasteiger charge is -2.26. The first-order valence-electron chi connectivity index (χ1n) is 7.65. The molecule has 1 rings (SSSR count). The number of hydroxylamine groups is 1. The van der Waals surface area contributed by atoms with Crippen LogP contribution in [0.5, 0.6) is 0 Å². The van der Waals surface area contributed by atoms with E-state index < -0.39 is 29.4 Å². The average Bonchev–Trinajstić information content (AvgIpc) is 2.66. The Balaban J connectivity index is 2.90. The summed E-state index contributed by atoms with van der Waals surface area (Å²) in [5.41, 5.74) is 0.103. The molecule has 2 unspecified atom stereocenters. The normalized spacial score (nSPS) is 13.4. The Hall–Kier alpha value is -2.93. The summed E-state index contributed by atoms with van der Waals surface area (Å²) in [6.45, 7) is 0.779. The first-order valence-corrected chi connectivity index (χ1v) is 7.65. The molecule has 26 heavy (non-hydrogen) atoms. The number of aliphatic hydroxyl groups excluding tert-OH is 2. The number of carbonyl (C=O) groups excluding carboxylic acids is 3. The SMILES string of the molecule is CNC(=O)C(C)(NC(=O)c1ccc(C#CCC(O)CO)cc1)C(=O)NO. The number of rotatable bonds is 6. The smallest absolute Gasteiger partial charge is 0.278 e. The Kier molecular flexibility index (Phi) is 7.74. The van der Waals surface area contributed by atoms with E-state index in [4.69, 9.17) is 10.3 Å². The van der Waals surface area contributed by atoms with Crippen molar-refractivity contribution < 1.29 is 29.8 Å². The van der Waals surface area contributed by atoms with Gasteiger partial charge in [0, 0.05) is 24.6 Å². The molecule has 0 aliphatic carbocycles. The van der Waals surface area contributed by atoms with Gasteiger partial charge in [-0.3, -0.25) is 19.6 Å². The van der Waals surface area contributed by atoms with Gasteiger partial charge in [-0.25, -0.2) is 5.48 Å². The fourth-order valence-electron chi connectivity index (χ4n) is 1.92. The topological polar surface area (TPSA) is 148 Å². The largest absolute Gasteiger partial charge is 0.394 e. The molecule has 1 aromatic rings. The molecule has 0 saturated heterocycles. The molecule has 2 atom stereocenters. The van der Waals surface area contributed by atoms with Crippen molar-refractivity contribution in [2.24, 2.45) is 0 Å². The molecular weight excluding hydrogens is 342 g/mol. The van der Waals surface area contributed by atoms with E-state index in [1.807, 2.05) is 0 Å². The molecule has 0 fully saturated rings. The van der Waals surface area contributed by atoms with Crippen LogP contribution in [0.15, 0.2) is 24.3 Å². The van der Waals surface area contributed by atoms with Crippen LogP contribution in [0, 0.1) is 11.8 Å². The average molecular weight is 363 g/mol. The Morgan fingerprint density at radius 3 is 2.31 bits per heavy atom. The predicted molar refractivity (Wildman–Crippen MR) is 90.9 cm³/mol. The number of hydrogen-bond acceptors (Lipinski definition) is 6. The van der Waals surface area contributed by atoms with Gasteiger partial charge in [0.05, 0.1) is 12.7 Å². The number of amides is 3. The van der Waals surface area contributed by atoms with Crippen molar-refractivity contribution >= 4 is 17.7 Å². The fourth-order valence-corrected chi connectivity index (χ4v) is 1.92. The summed E-state index contributed by atoms with van der Waals surface area (Å²) in [7, 11) is 1.29. The molecule has 140 valence electrons. The van der Waals surface area contributed by atoms with E-state index in [0.29, 0.717) is 5.56 Å². The number of aliphatic hydroxyl groups is 2. The number of carbonyl (C=O) groups is 3. The standard InChI is InChI=1S/C17H21N3O6/c1-17(15(24)18-2,16(25)20-26)19-14(23)12-8-6-11(7-9-12)4-3-5-13(22)10-21/h6-9,13,21-22,26H,5,10H2,1-2H3,(H,18,24)(H,19,23)(H,20,25). The summed E-state index contributed by atoms with van der Waals surface area (Å²) in [5, 5.41) is 31.2. The molecule has 0 bridgehead atoms. The highest BCUT2D eigenvalue weighted by atomic mass is 16.5. The predicted octanol–water partition coefficient (Wildman–Crippen LogP) is -1.48. The van der Waals surface area contributed by atoms with Crippen LogP contribution in [0.2, 0.25) is 0 Å². The van der Waals surface area contributed by atoms with Crippen LogP contribution in [0.1, 0.15) is 29.3 Å². The molecule has 0 saturated carbocycles. The molecule has 9 nitrogen and oxygen atoms in total. The first kappa shape index (κ1) is 21.1. The summed E-state index contributed by atoms with van der Waals surface area (Å²) < 4.78 is 0. The van der Waals surface area contributed by atoms with Gasteiger partial charge >= 0.3 is 0 Å². The quantitative estimate of drug-likeness (QED) is 0.157. The van der Waals surface area contributed by atoms with E-state index in [1.165, 1.54) is 24.7 Å². The van der Waals surface area contributed by atoms with E-state index in [1.54, 1.807) is 12.1 Å². The van der Waals surface area contributed by atoms with Crippen molar-refractivity contribution in [3.8, 4) is 11.8 Å². The fraction of sp³-hybridized carbons (Fsp3) is 0.353. The Labute approximate surface area is 150 Å².